The number of rotatable bonds is 2. The molecule has 2 rings (SSSR count). The lowest BCUT2D eigenvalue weighted by molar-refractivity contribution is 1.28. The largest absolute Gasteiger partial charge is 0.230 e. The molecule has 0 N–H and O–H groups in total. The van der Waals surface area contributed by atoms with Crippen molar-refractivity contribution in [2.75, 3.05) is 0 Å². The molecule has 1 nitrogen and oxygen atoms in total. The zero-order chi connectivity index (χ0) is 9.26. The maximum absolute atomic E-state index is 5.87. The van der Waals surface area contributed by atoms with Gasteiger partial charge in [0.1, 0.15) is 0 Å². The molecule has 0 fully saturated rings. The van der Waals surface area contributed by atoms with Crippen molar-refractivity contribution in [2.45, 2.75) is 16.0 Å². The third-order valence-corrected chi connectivity index (χ3v) is 3.79. The first-order valence-corrected chi connectivity index (χ1v) is 6.05. The van der Waals surface area contributed by atoms with E-state index in [9.17, 15) is 0 Å². The van der Waals surface area contributed by atoms with Gasteiger partial charge in [-0.3, -0.25) is 0 Å². The van der Waals surface area contributed by atoms with Gasteiger partial charge >= 0.3 is 0 Å². The van der Waals surface area contributed by atoms with Gasteiger partial charge in [-0.1, -0.05) is 23.9 Å². The number of alkyl halides is 1. The van der Waals surface area contributed by atoms with Gasteiger partial charge in [0.2, 0.25) is 0 Å². The summed E-state index contributed by atoms with van der Waals surface area (Å²) in [6.07, 6.45) is 0. The highest BCUT2D eigenvalue weighted by Crippen LogP contribution is 2.32. The number of thioether (sulfide) groups is 1. The fourth-order valence-electron chi connectivity index (χ4n) is 1.04. The second kappa shape index (κ2) is 3.86. The van der Waals surface area contributed by atoms with Crippen LogP contribution in [-0.4, -0.2) is 9.69 Å². The maximum atomic E-state index is 5.87. The fraction of sp³-hybridized carbons (Fsp3) is 0.222. The minimum atomic E-state index is 0.0839. The molecule has 1 atom stereocenters. The van der Waals surface area contributed by atoms with Gasteiger partial charge in [0.05, 0.1) is 14.9 Å². The lowest BCUT2D eigenvalue weighted by atomic mass is 10.3. The molecule has 0 aliphatic carbocycles. The summed E-state index contributed by atoms with van der Waals surface area (Å²) in [7, 11) is 0. The van der Waals surface area contributed by atoms with Crippen LogP contribution in [0.15, 0.2) is 28.6 Å². The van der Waals surface area contributed by atoms with Crippen molar-refractivity contribution in [3.63, 3.8) is 0 Å². The average molecular weight is 230 g/mol. The zero-order valence-electron chi connectivity index (χ0n) is 7.03. The van der Waals surface area contributed by atoms with Gasteiger partial charge in [-0.05, 0) is 19.1 Å². The molecular weight excluding hydrogens is 222 g/mol. The van der Waals surface area contributed by atoms with Crippen LogP contribution >= 0.6 is 34.7 Å². The smallest absolute Gasteiger partial charge is 0.152 e. The first-order valence-electron chi connectivity index (χ1n) is 3.92. The molecule has 0 saturated heterocycles. The molecule has 13 heavy (non-hydrogen) atoms. The minimum Gasteiger partial charge on any atom is -0.230 e. The van der Waals surface area contributed by atoms with Crippen LogP contribution in [0, 0.1) is 0 Å². The lowest BCUT2D eigenvalue weighted by Crippen LogP contribution is -1.79. The van der Waals surface area contributed by atoms with Crippen LogP contribution in [-0.2, 0) is 0 Å². The van der Waals surface area contributed by atoms with Crippen LogP contribution in [0.1, 0.15) is 6.92 Å². The van der Waals surface area contributed by atoms with Crippen LogP contribution in [0.5, 0.6) is 0 Å². The Labute approximate surface area is 90.1 Å². The minimum absolute atomic E-state index is 0.0839. The van der Waals surface area contributed by atoms with E-state index in [4.69, 9.17) is 11.6 Å². The first-order chi connectivity index (χ1) is 6.25. The van der Waals surface area contributed by atoms with Gasteiger partial charge < -0.3 is 0 Å². The zero-order valence-corrected chi connectivity index (χ0v) is 9.42. The van der Waals surface area contributed by atoms with Crippen molar-refractivity contribution in [2.24, 2.45) is 0 Å². The summed E-state index contributed by atoms with van der Waals surface area (Å²) in [4.78, 5) is 4.45. The van der Waals surface area contributed by atoms with E-state index in [0.29, 0.717) is 0 Å². The molecule has 1 unspecified atom stereocenters. The summed E-state index contributed by atoms with van der Waals surface area (Å²) in [5.41, 5.74) is 1.06. The Morgan fingerprint density at radius 1 is 1.46 bits per heavy atom. The van der Waals surface area contributed by atoms with Crippen molar-refractivity contribution in [1.29, 1.82) is 0 Å². The number of benzene rings is 1. The monoisotopic (exact) mass is 229 g/mol. The van der Waals surface area contributed by atoms with Gasteiger partial charge in [-0.15, -0.1) is 22.9 Å². The van der Waals surface area contributed by atoms with E-state index in [1.54, 1.807) is 23.1 Å². The Morgan fingerprint density at radius 2 is 2.23 bits per heavy atom. The lowest BCUT2D eigenvalue weighted by Gasteiger charge is -1.94. The van der Waals surface area contributed by atoms with E-state index >= 15 is 0 Å². The number of hydrogen-bond donors (Lipinski definition) is 0. The molecule has 0 bridgehead atoms. The molecule has 0 saturated carbocycles. The number of thiazole rings is 1. The Kier molecular flexibility index (Phi) is 2.77. The number of fused-ring (bicyclic) bond motifs is 1. The SMILES string of the molecule is CC(Cl)Sc1nc2ccccc2s1. The normalized spacial score (nSPS) is 13.4. The summed E-state index contributed by atoms with van der Waals surface area (Å²) in [5.74, 6) is 0. The number of hydrogen-bond acceptors (Lipinski definition) is 3. The van der Waals surface area contributed by atoms with Gasteiger partial charge in [-0.25, -0.2) is 4.98 Å². The summed E-state index contributed by atoms with van der Waals surface area (Å²) in [6, 6.07) is 8.13. The van der Waals surface area contributed by atoms with E-state index in [1.165, 1.54) is 4.70 Å². The molecule has 0 spiro atoms. The highest BCUT2D eigenvalue weighted by Gasteiger charge is 2.05. The van der Waals surface area contributed by atoms with E-state index in [0.717, 1.165) is 9.86 Å². The molecule has 68 valence electrons. The van der Waals surface area contributed by atoms with E-state index < -0.39 is 0 Å². The summed E-state index contributed by atoms with van der Waals surface area (Å²) < 4.78 is 2.35. The second-order valence-electron chi connectivity index (χ2n) is 2.61. The van der Waals surface area contributed by atoms with Gasteiger partial charge in [0.25, 0.3) is 0 Å². The van der Waals surface area contributed by atoms with Crippen LogP contribution < -0.4 is 0 Å². The number of aromatic nitrogens is 1. The van der Waals surface area contributed by atoms with E-state index in [2.05, 4.69) is 11.1 Å². The Hall–Kier alpha value is -0.250. The molecular formula is C9H8ClNS2. The number of halogens is 1. The summed E-state index contributed by atoms with van der Waals surface area (Å²) in [5, 5.41) is 0. The van der Waals surface area contributed by atoms with Crippen molar-refractivity contribution in [3.05, 3.63) is 24.3 Å². The molecule has 1 heterocycles. The standard InChI is InChI=1S/C9H8ClNS2/c1-6(10)12-9-11-7-4-2-3-5-8(7)13-9/h2-6H,1H3. The Bertz CT molecular complexity index is 378. The van der Waals surface area contributed by atoms with Crippen LogP contribution in [0.3, 0.4) is 0 Å². The average Bonchev–Trinajstić information content (AvgIpc) is 2.44. The van der Waals surface area contributed by atoms with E-state index in [-0.39, 0.29) is 4.71 Å². The molecule has 4 heteroatoms. The van der Waals surface area contributed by atoms with Crippen molar-refractivity contribution in [3.8, 4) is 0 Å². The Morgan fingerprint density at radius 3 is 2.92 bits per heavy atom. The quantitative estimate of drug-likeness (QED) is 0.571. The van der Waals surface area contributed by atoms with E-state index in [1.807, 2.05) is 25.1 Å². The fourth-order valence-corrected chi connectivity index (χ4v) is 3.47. The van der Waals surface area contributed by atoms with Crippen molar-refractivity contribution < 1.29 is 0 Å². The van der Waals surface area contributed by atoms with Gasteiger partial charge in [0, 0.05) is 0 Å². The van der Waals surface area contributed by atoms with Crippen molar-refractivity contribution >= 4 is 44.9 Å². The number of nitrogens with zero attached hydrogens (tertiary/aromatic N) is 1. The maximum Gasteiger partial charge on any atom is 0.152 e. The summed E-state index contributed by atoms with van der Waals surface area (Å²) in [6.45, 7) is 1.96. The predicted molar refractivity (Wildman–Crippen MR) is 60.8 cm³/mol. The second-order valence-corrected chi connectivity index (χ2v) is 6.14. The topological polar surface area (TPSA) is 12.9 Å². The van der Waals surface area contributed by atoms with Crippen LogP contribution in [0.2, 0.25) is 0 Å². The molecule has 0 aliphatic rings. The highest BCUT2D eigenvalue weighted by molar-refractivity contribution is 8.02. The molecule has 1 aromatic heterocycles. The molecule has 0 amide bonds. The third kappa shape index (κ3) is 2.16. The molecule has 2 aromatic rings. The molecule has 0 radical (unpaired) electrons. The molecule has 1 aromatic carbocycles. The summed E-state index contributed by atoms with van der Waals surface area (Å²) >= 11 is 9.16. The first kappa shape index (κ1) is 9.31. The predicted octanol–water partition coefficient (Wildman–Crippen LogP) is 3.97. The van der Waals surface area contributed by atoms with Crippen LogP contribution in [0.4, 0.5) is 0 Å². The van der Waals surface area contributed by atoms with Crippen molar-refractivity contribution in [1.82, 2.24) is 4.98 Å². The van der Waals surface area contributed by atoms with Gasteiger partial charge in [0.15, 0.2) is 4.34 Å². The van der Waals surface area contributed by atoms with Crippen LogP contribution in [0.25, 0.3) is 10.2 Å². The highest BCUT2D eigenvalue weighted by atomic mass is 35.5. The molecule has 0 aliphatic heterocycles. The third-order valence-electron chi connectivity index (χ3n) is 1.54. The number of para-hydroxylation sites is 1. The van der Waals surface area contributed by atoms with Gasteiger partial charge in [-0.2, -0.15) is 0 Å². The Balaban J connectivity index is 2.38.